The molecule has 6 heteroatoms. The van der Waals surface area contributed by atoms with Crippen LogP contribution in [0.2, 0.25) is 0 Å². The van der Waals surface area contributed by atoms with Gasteiger partial charge in [0.2, 0.25) is 5.95 Å². The van der Waals surface area contributed by atoms with Crippen LogP contribution in [0.1, 0.15) is 33.9 Å². The molecule has 1 aliphatic rings. The molecule has 0 spiro atoms. The summed E-state index contributed by atoms with van der Waals surface area (Å²) < 4.78 is 16.4. The number of imidazole rings is 1. The summed E-state index contributed by atoms with van der Waals surface area (Å²) >= 11 is 0. The molecule has 3 aromatic rings. The van der Waals surface area contributed by atoms with Gasteiger partial charge < -0.3 is 20.5 Å². The number of fused-ring (bicyclic) bond motifs is 1. The van der Waals surface area contributed by atoms with Crippen molar-refractivity contribution in [2.75, 3.05) is 31.1 Å². The van der Waals surface area contributed by atoms with Gasteiger partial charge in [-0.15, -0.1) is 6.58 Å². The van der Waals surface area contributed by atoms with Gasteiger partial charge in [-0.3, -0.25) is 0 Å². The molecule has 0 bridgehead atoms. The molecule has 1 saturated heterocycles. The summed E-state index contributed by atoms with van der Waals surface area (Å²) in [7, 11) is 0. The molecule has 0 amide bonds. The second kappa shape index (κ2) is 8.20. The number of hydrogen-bond donors (Lipinski definition) is 2. The first-order valence-electron chi connectivity index (χ1n) is 10.5. The summed E-state index contributed by atoms with van der Waals surface area (Å²) in [6, 6.07) is 7.85. The van der Waals surface area contributed by atoms with Crippen LogP contribution in [0.25, 0.3) is 11.0 Å². The Kier molecular flexibility index (Phi) is 5.62. The van der Waals surface area contributed by atoms with Crippen molar-refractivity contribution >= 4 is 17.0 Å². The number of hydrogen-bond acceptors (Lipinski definition) is 4. The number of benzene rings is 2. The zero-order chi connectivity index (χ0) is 21.4. The van der Waals surface area contributed by atoms with Gasteiger partial charge in [0, 0.05) is 31.7 Å². The lowest BCUT2D eigenvalue weighted by molar-refractivity contribution is 0.571. The SMILES string of the molecule is C=C[C@H](N)c1cc(C)cc2c1nc(N1CCNCC1)n2Cc1cc(C)c(F)c(C)c1. The number of piperazine rings is 1. The van der Waals surface area contributed by atoms with Crippen molar-refractivity contribution in [3.63, 3.8) is 0 Å². The van der Waals surface area contributed by atoms with Gasteiger partial charge in [-0.2, -0.15) is 0 Å². The van der Waals surface area contributed by atoms with E-state index in [0.29, 0.717) is 17.7 Å². The number of nitrogens with zero attached hydrogens (tertiary/aromatic N) is 3. The van der Waals surface area contributed by atoms with Crippen molar-refractivity contribution in [2.24, 2.45) is 5.73 Å². The minimum absolute atomic E-state index is 0.133. The van der Waals surface area contributed by atoms with Gasteiger partial charge in [-0.25, -0.2) is 9.37 Å². The first kappa shape index (κ1) is 20.6. The van der Waals surface area contributed by atoms with E-state index in [4.69, 9.17) is 10.7 Å². The number of aryl methyl sites for hydroxylation is 3. The first-order valence-corrected chi connectivity index (χ1v) is 10.5. The molecule has 1 aliphatic heterocycles. The zero-order valence-electron chi connectivity index (χ0n) is 18.0. The van der Waals surface area contributed by atoms with Crippen molar-refractivity contribution in [2.45, 2.75) is 33.4 Å². The van der Waals surface area contributed by atoms with Crippen LogP contribution in [0.5, 0.6) is 0 Å². The molecule has 1 aromatic heterocycles. The monoisotopic (exact) mass is 407 g/mol. The fourth-order valence-corrected chi connectivity index (χ4v) is 4.34. The lowest BCUT2D eigenvalue weighted by Crippen LogP contribution is -2.44. The van der Waals surface area contributed by atoms with Crippen molar-refractivity contribution < 1.29 is 4.39 Å². The van der Waals surface area contributed by atoms with Gasteiger partial charge >= 0.3 is 0 Å². The number of nitrogens with one attached hydrogen (secondary N) is 1. The molecule has 1 fully saturated rings. The summed E-state index contributed by atoms with van der Waals surface area (Å²) in [5.41, 5.74) is 12.8. The van der Waals surface area contributed by atoms with Crippen LogP contribution in [-0.2, 0) is 6.54 Å². The van der Waals surface area contributed by atoms with Gasteiger partial charge in [-0.1, -0.05) is 24.3 Å². The highest BCUT2D eigenvalue weighted by Gasteiger charge is 2.22. The van der Waals surface area contributed by atoms with E-state index in [2.05, 4.69) is 40.4 Å². The third kappa shape index (κ3) is 3.73. The molecule has 3 N–H and O–H groups in total. The van der Waals surface area contributed by atoms with Crippen LogP contribution in [-0.4, -0.2) is 35.7 Å². The van der Waals surface area contributed by atoms with E-state index in [1.54, 1.807) is 6.08 Å². The standard InChI is InChI=1S/C24H30FN5/c1-5-20(26)19-10-15(2)11-21-23(19)28-24(29-8-6-27-7-9-29)30(21)14-18-12-16(3)22(25)17(4)13-18/h5,10-13,20,27H,1,6-9,14,26H2,2-4H3/t20-/m0/s1. The van der Waals surface area contributed by atoms with E-state index in [0.717, 1.165) is 59.9 Å². The quantitative estimate of drug-likeness (QED) is 0.633. The van der Waals surface area contributed by atoms with Crippen molar-refractivity contribution in [1.82, 2.24) is 14.9 Å². The molecular weight excluding hydrogens is 377 g/mol. The fourth-order valence-electron chi connectivity index (χ4n) is 4.34. The molecule has 0 radical (unpaired) electrons. The molecule has 158 valence electrons. The highest BCUT2D eigenvalue weighted by molar-refractivity contribution is 5.84. The number of halogens is 1. The Hall–Kier alpha value is -2.70. The zero-order valence-corrected chi connectivity index (χ0v) is 18.0. The van der Waals surface area contributed by atoms with E-state index < -0.39 is 0 Å². The average molecular weight is 408 g/mol. The molecule has 30 heavy (non-hydrogen) atoms. The maximum absolute atomic E-state index is 14.2. The molecule has 2 aromatic carbocycles. The lowest BCUT2D eigenvalue weighted by Gasteiger charge is -2.29. The molecule has 0 unspecified atom stereocenters. The van der Waals surface area contributed by atoms with Crippen molar-refractivity contribution in [3.8, 4) is 0 Å². The van der Waals surface area contributed by atoms with Gasteiger partial charge in [-0.05, 0) is 49.1 Å². The van der Waals surface area contributed by atoms with Crippen LogP contribution >= 0.6 is 0 Å². The van der Waals surface area contributed by atoms with Crippen molar-refractivity contribution in [3.05, 3.63) is 70.6 Å². The number of aromatic nitrogens is 2. The highest BCUT2D eigenvalue weighted by Crippen LogP contribution is 2.31. The summed E-state index contributed by atoms with van der Waals surface area (Å²) in [6.45, 7) is 13.9. The second-order valence-corrected chi connectivity index (χ2v) is 8.26. The molecule has 2 heterocycles. The Balaban J connectivity index is 1.91. The molecule has 0 aliphatic carbocycles. The predicted molar refractivity (Wildman–Crippen MR) is 122 cm³/mol. The lowest BCUT2D eigenvalue weighted by atomic mass is 10.0. The average Bonchev–Trinajstić information content (AvgIpc) is 3.09. The molecular formula is C24H30FN5. The molecule has 0 saturated carbocycles. The van der Waals surface area contributed by atoms with Gasteiger partial charge in [0.05, 0.1) is 23.6 Å². The first-order chi connectivity index (χ1) is 14.4. The van der Waals surface area contributed by atoms with E-state index in [1.807, 2.05) is 26.0 Å². The van der Waals surface area contributed by atoms with Crippen LogP contribution in [0.4, 0.5) is 10.3 Å². The van der Waals surface area contributed by atoms with Gasteiger partial charge in [0.1, 0.15) is 5.82 Å². The smallest absolute Gasteiger partial charge is 0.206 e. The molecule has 1 atom stereocenters. The minimum atomic E-state index is -0.276. The topological polar surface area (TPSA) is 59.1 Å². The van der Waals surface area contributed by atoms with Gasteiger partial charge in [0.15, 0.2) is 0 Å². The Bertz CT molecular complexity index is 1070. The molecule has 5 nitrogen and oxygen atoms in total. The number of nitrogens with two attached hydrogens (primary N) is 1. The Morgan fingerprint density at radius 1 is 1.17 bits per heavy atom. The Morgan fingerprint density at radius 3 is 2.47 bits per heavy atom. The largest absolute Gasteiger partial charge is 0.340 e. The third-order valence-electron chi connectivity index (χ3n) is 5.86. The van der Waals surface area contributed by atoms with Crippen LogP contribution in [0.3, 0.4) is 0 Å². The Morgan fingerprint density at radius 2 is 1.83 bits per heavy atom. The van der Waals surface area contributed by atoms with E-state index in [1.165, 1.54) is 0 Å². The summed E-state index contributed by atoms with van der Waals surface area (Å²) in [6.07, 6.45) is 1.75. The Labute approximate surface area is 177 Å². The predicted octanol–water partition coefficient (Wildman–Crippen LogP) is 3.74. The highest BCUT2D eigenvalue weighted by atomic mass is 19.1. The maximum Gasteiger partial charge on any atom is 0.206 e. The molecule has 4 rings (SSSR count). The summed E-state index contributed by atoms with van der Waals surface area (Å²) in [5.74, 6) is 0.806. The van der Waals surface area contributed by atoms with Crippen LogP contribution in [0, 0.1) is 26.6 Å². The van der Waals surface area contributed by atoms with Crippen LogP contribution in [0.15, 0.2) is 36.9 Å². The summed E-state index contributed by atoms with van der Waals surface area (Å²) in [5, 5.41) is 3.40. The minimum Gasteiger partial charge on any atom is -0.340 e. The third-order valence-corrected chi connectivity index (χ3v) is 5.86. The van der Waals surface area contributed by atoms with Crippen LogP contribution < -0.4 is 16.0 Å². The van der Waals surface area contributed by atoms with Crippen molar-refractivity contribution in [1.29, 1.82) is 0 Å². The summed E-state index contributed by atoms with van der Waals surface area (Å²) in [4.78, 5) is 7.38. The van der Waals surface area contributed by atoms with E-state index in [-0.39, 0.29) is 11.9 Å². The number of anilines is 1. The number of rotatable bonds is 5. The normalized spacial score (nSPS) is 15.6. The van der Waals surface area contributed by atoms with Gasteiger partial charge in [0.25, 0.3) is 0 Å². The second-order valence-electron chi connectivity index (χ2n) is 8.26. The van der Waals surface area contributed by atoms with E-state index in [9.17, 15) is 4.39 Å². The maximum atomic E-state index is 14.2. The fraction of sp³-hybridized carbons (Fsp3) is 0.375. The van der Waals surface area contributed by atoms with E-state index >= 15 is 0 Å².